The van der Waals surface area contributed by atoms with Crippen LogP contribution in [-0.4, -0.2) is 49.7 Å². The van der Waals surface area contributed by atoms with E-state index in [0.29, 0.717) is 24.3 Å². The van der Waals surface area contributed by atoms with E-state index >= 15 is 0 Å². The molecule has 1 saturated heterocycles. The standard InChI is InChI=1S/C29H29N5O4/c1-18-6-11-23(27(35)31-18)34-28(36)22-4-3-5-24(26(22)29(34)37)38-17-21-9-7-20(8-10-21)15-32-12-13-33-14-19(2)30-25(33)16-32/h3-5,7-10,14,23H,1,6,11-13,15-17H2,2H3,(H,31,35). The predicted molar refractivity (Wildman–Crippen MR) is 139 cm³/mol. The number of imide groups is 1. The van der Waals surface area contributed by atoms with E-state index in [-0.39, 0.29) is 23.6 Å². The Hall–Kier alpha value is -4.24. The molecule has 3 aromatic rings. The normalized spacial score (nSPS) is 19.4. The fraction of sp³-hybridized carbons (Fsp3) is 0.310. The number of amides is 3. The van der Waals surface area contributed by atoms with Crippen LogP contribution in [0.25, 0.3) is 0 Å². The summed E-state index contributed by atoms with van der Waals surface area (Å²) in [4.78, 5) is 46.9. The van der Waals surface area contributed by atoms with Crippen molar-refractivity contribution in [3.05, 3.63) is 94.7 Å². The number of imidazole rings is 1. The van der Waals surface area contributed by atoms with Crippen LogP contribution in [0.5, 0.6) is 5.75 Å². The number of allylic oxidation sites excluding steroid dienone is 1. The van der Waals surface area contributed by atoms with Crippen molar-refractivity contribution in [2.75, 3.05) is 6.54 Å². The van der Waals surface area contributed by atoms with Crippen LogP contribution in [0.15, 0.2) is 60.9 Å². The number of benzene rings is 2. The summed E-state index contributed by atoms with van der Waals surface area (Å²) in [6.07, 6.45) is 2.98. The average Bonchev–Trinajstić information content (AvgIpc) is 3.39. The van der Waals surface area contributed by atoms with Gasteiger partial charge in [0.2, 0.25) is 5.91 Å². The van der Waals surface area contributed by atoms with E-state index in [4.69, 9.17) is 4.74 Å². The van der Waals surface area contributed by atoms with Crippen molar-refractivity contribution in [1.82, 2.24) is 24.7 Å². The van der Waals surface area contributed by atoms with E-state index in [1.807, 2.05) is 19.1 Å². The van der Waals surface area contributed by atoms with E-state index in [2.05, 4.69) is 44.7 Å². The Morgan fingerprint density at radius 2 is 1.84 bits per heavy atom. The number of ether oxygens (including phenoxy) is 1. The van der Waals surface area contributed by atoms with E-state index in [0.717, 1.165) is 48.2 Å². The number of rotatable bonds is 6. The van der Waals surface area contributed by atoms with Gasteiger partial charge in [-0.2, -0.15) is 0 Å². The highest BCUT2D eigenvalue weighted by molar-refractivity contribution is 6.24. The molecule has 38 heavy (non-hydrogen) atoms. The summed E-state index contributed by atoms with van der Waals surface area (Å²) in [5.41, 5.74) is 4.28. The first-order chi connectivity index (χ1) is 18.4. The van der Waals surface area contributed by atoms with Crippen molar-refractivity contribution in [2.24, 2.45) is 0 Å². The molecular weight excluding hydrogens is 482 g/mol. The molecule has 3 aliphatic rings. The monoisotopic (exact) mass is 511 g/mol. The van der Waals surface area contributed by atoms with Crippen LogP contribution in [0.1, 0.15) is 56.2 Å². The minimum absolute atomic E-state index is 0.213. The molecule has 1 unspecified atom stereocenters. The summed E-state index contributed by atoms with van der Waals surface area (Å²) in [7, 11) is 0. The summed E-state index contributed by atoms with van der Waals surface area (Å²) in [5.74, 6) is 0.0921. The van der Waals surface area contributed by atoms with E-state index < -0.39 is 17.9 Å². The van der Waals surface area contributed by atoms with Crippen LogP contribution >= 0.6 is 0 Å². The van der Waals surface area contributed by atoms with Crippen LogP contribution in [0.2, 0.25) is 0 Å². The highest BCUT2D eigenvalue weighted by Gasteiger charge is 2.45. The molecule has 4 heterocycles. The molecule has 1 atom stereocenters. The van der Waals surface area contributed by atoms with Crippen molar-refractivity contribution < 1.29 is 19.1 Å². The maximum Gasteiger partial charge on any atom is 0.266 e. The number of carbonyl (C=O) groups is 3. The second-order valence-electron chi connectivity index (χ2n) is 10.1. The van der Waals surface area contributed by atoms with Gasteiger partial charge in [-0.15, -0.1) is 0 Å². The molecule has 9 heteroatoms. The first kappa shape index (κ1) is 24.1. The van der Waals surface area contributed by atoms with Gasteiger partial charge in [-0.1, -0.05) is 36.9 Å². The molecule has 194 valence electrons. The highest BCUT2D eigenvalue weighted by Crippen LogP contribution is 2.34. The number of aromatic nitrogens is 2. The number of piperidine rings is 1. The van der Waals surface area contributed by atoms with Gasteiger partial charge in [-0.25, -0.2) is 4.98 Å². The molecule has 9 nitrogen and oxygen atoms in total. The van der Waals surface area contributed by atoms with Gasteiger partial charge in [0.1, 0.15) is 24.2 Å². The smallest absolute Gasteiger partial charge is 0.266 e. The van der Waals surface area contributed by atoms with Crippen LogP contribution in [0.4, 0.5) is 0 Å². The fourth-order valence-corrected chi connectivity index (χ4v) is 5.42. The van der Waals surface area contributed by atoms with E-state index in [1.54, 1.807) is 18.2 Å². The number of aryl methyl sites for hydroxylation is 1. The van der Waals surface area contributed by atoms with Gasteiger partial charge >= 0.3 is 0 Å². The van der Waals surface area contributed by atoms with E-state index in [9.17, 15) is 14.4 Å². The molecule has 1 aromatic heterocycles. The zero-order valence-electron chi connectivity index (χ0n) is 21.3. The Morgan fingerprint density at radius 3 is 2.63 bits per heavy atom. The quantitative estimate of drug-likeness (QED) is 0.511. The lowest BCUT2D eigenvalue weighted by Crippen LogP contribution is -2.51. The zero-order chi connectivity index (χ0) is 26.4. The summed E-state index contributed by atoms with van der Waals surface area (Å²) >= 11 is 0. The Kier molecular flexibility index (Phi) is 6.07. The first-order valence-corrected chi connectivity index (χ1v) is 12.8. The predicted octanol–water partition coefficient (Wildman–Crippen LogP) is 3.17. The SMILES string of the molecule is C=C1CCC(N2C(=O)c3cccc(OCc4ccc(CN5CCn6cc(C)nc6C5)cc4)c3C2=O)C(=O)N1. The van der Waals surface area contributed by atoms with Gasteiger partial charge in [-0.05, 0) is 43.0 Å². The van der Waals surface area contributed by atoms with Crippen LogP contribution in [0.3, 0.4) is 0 Å². The second kappa shape index (κ2) is 9.57. The molecular formula is C29H29N5O4. The molecule has 6 rings (SSSR count). The number of nitrogens with zero attached hydrogens (tertiary/aromatic N) is 4. The van der Waals surface area contributed by atoms with Crippen molar-refractivity contribution in [3.63, 3.8) is 0 Å². The molecule has 0 saturated carbocycles. The van der Waals surface area contributed by atoms with Crippen molar-refractivity contribution in [3.8, 4) is 5.75 Å². The summed E-state index contributed by atoms with van der Waals surface area (Å²) < 4.78 is 8.26. The topological polar surface area (TPSA) is 96.8 Å². The third-order valence-corrected chi connectivity index (χ3v) is 7.37. The fourth-order valence-electron chi connectivity index (χ4n) is 5.42. The summed E-state index contributed by atoms with van der Waals surface area (Å²) in [5, 5.41) is 2.65. The molecule has 1 N–H and O–H groups in total. The Bertz CT molecular complexity index is 1460. The van der Waals surface area contributed by atoms with Crippen molar-refractivity contribution in [2.45, 2.75) is 52.0 Å². The Labute approximate surface area is 220 Å². The molecule has 1 fully saturated rings. The third kappa shape index (κ3) is 4.39. The van der Waals surface area contributed by atoms with Gasteiger partial charge in [0.15, 0.2) is 0 Å². The summed E-state index contributed by atoms with van der Waals surface area (Å²) in [6.45, 7) is 9.65. The molecule has 2 aromatic carbocycles. The van der Waals surface area contributed by atoms with E-state index in [1.165, 1.54) is 5.56 Å². The Balaban J connectivity index is 1.11. The molecule has 3 amide bonds. The van der Waals surface area contributed by atoms with Crippen LogP contribution in [-0.2, 0) is 31.0 Å². The lowest BCUT2D eigenvalue weighted by atomic mass is 10.0. The average molecular weight is 512 g/mol. The number of carbonyl (C=O) groups excluding carboxylic acids is 3. The van der Waals surface area contributed by atoms with Gasteiger partial charge in [0.25, 0.3) is 11.8 Å². The summed E-state index contributed by atoms with van der Waals surface area (Å²) in [6, 6.07) is 12.4. The lowest BCUT2D eigenvalue weighted by Gasteiger charge is -2.29. The number of nitrogens with one attached hydrogen (secondary N) is 1. The zero-order valence-corrected chi connectivity index (χ0v) is 21.3. The first-order valence-electron chi connectivity index (χ1n) is 12.8. The van der Waals surface area contributed by atoms with Gasteiger partial charge in [0.05, 0.1) is 23.4 Å². The number of fused-ring (bicyclic) bond motifs is 2. The lowest BCUT2D eigenvalue weighted by molar-refractivity contribution is -0.125. The van der Waals surface area contributed by atoms with Gasteiger partial charge < -0.3 is 14.6 Å². The van der Waals surface area contributed by atoms with Crippen LogP contribution < -0.4 is 10.1 Å². The molecule has 0 aliphatic carbocycles. The minimum Gasteiger partial charge on any atom is -0.488 e. The van der Waals surface area contributed by atoms with Crippen molar-refractivity contribution >= 4 is 17.7 Å². The molecule has 0 spiro atoms. The van der Waals surface area contributed by atoms with Gasteiger partial charge in [0, 0.05) is 31.5 Å². The minimum atomic E-state index is -0.850. The van der Waals surface area contributed by atoms with Gasteiger partial charge in [-0.3, -0.25) is 24.2 Å². The molecule has 3 aliphatic heterocycles. The molecule has 0 bridgehead atoms. The number of hydrogen-bond acceptors (Lipinski definition) is 6. The Morgan fingerprint density at radius 1 is 1.05 bits per heavy atom. The maximum atomic E-state index is 13.3. The third-order valence-electron chi connectivity index (χ3n) is 7.37. The second-order valence-corrected chi connectivity index (χ2v) is 10.1. The van der Waals surface area contributed by atoms with Crippen LogP contribution in [0, 0.1) is 6.92 Å². The van der Waals surface area contributed by atoms with Crippen molar-refractivity contribution in [1.29, 1.82) is 0 Å². The maximum absolute atomic E-state index is 13.3. The number of hydrogen-bond donors (Lipinski definition) is 1. The molecule has 0 radical (unpaired) electrons. The largest absolute Gasteiger partial charge is 0.488 e. The highest BCUT2D eigenvalue weighted by atomic mass is 16.5.